The van der Waals surface area contributed by atoms with Gasteiger partial charge in [0.05, 0.1) is 11.9 Å². The highest BCUT2D eigenvalue weighted by Crippen LogP contribution is 2.45. The van der Waals surface area contributed by atoms with Gasteiger partial charge in [-0.1, -0.05) is 0 Å². The number of hydrogen-bond acceptors (Lipinski definition) is 5. The summed E-state index contributed by atoms with van der Waals surface area (Å²) in [5.41, 5.74) is 0. The minimum atomic E-state index is -4.61. The van der Waals surface area contributed by atoms with Gasteiger partial charge in [-0.3, -0.25) is 4.57 Å². The lowest BCUT2D eigenvalue weighted by atomic mass is 11.0. The Hall–Kier alpha value is 0.0300. The van der Waals surface area contributed by atoms with Gasteiger partial charge in [0.1, 0.15) is 0 Å². The van der Waals surface area contributed by atoms with Crippen LogP contribution in [-0.4, -0.2) is 34.6 Å². The largest absolute Gasteiger partial charge is 0.331 e. The van der Waals surface area contributed by atoms with Crippen molar-refractivity contribution in [3.05, 3.63) is 0 Å². The molecule has 0 aromatic carbocycles. The number of halogens is 1. The van der Waals surface area contributed by atoms with Gasteiger partial charge in [-0.2, -0.15) is 8.42 Å². The summed E-state index contributed by atoms with van der Waals surface area (Å²) < 4.78 is 51.8. The molecule has 0 amide bonds. The Labute approximate surface area is 70.6 Å². The molecule has 0 atom stereocenters. The third-order valence-electron chi connectivity index (χ3n) is 1.17. The van der Waals surface area contributed by atoms with Crippen molar-refractivity contribution in [3.8, 4) is 0 Å². The van der Waals surface area contributed by atoms with Gasteiger partial charge in [-0.15, -0.1) is 3.89 Å². The van der Waals surface area contributed by atoms with E-state index in [1.807, 2.05) is 0 Å². The van der Waals surface area contributed by atoms with Gasteiger partial charge in [-0.25, -0.2) is 0 Å². The average molecular weight is 220 g/mol. The molecule has 0 heterocycles. The van der Waals surface area contributed by atoms with Gasteiger partial charge in [0, 0.05) is 14.2 Å². The lowest BCUT2D eigenvalue weighted by Crippen LogP contribution is -2.06. The minimum Gasteiger partial charge on any atom is -0.312 e. The smallest absolute Gasteiger partial charge is 0.312 e. The zero-order valence-electron chi connectivity index (χ0n) is 6.69. The van der Waals surface area contributed by atoms with Crippen molar-refractivity contribution in [1.82, 2.24) is 0 Å². The average Bonchev–Trinajstić information content (AvgIpc) is 1.99. The van der Waals surface area contributed by atoms with Crippen LogP contribution in [0.4, 0.5) is 3.89 Å². The molecule has 0 rings (SSSR count). The first kappa shape index (κ1) is 12.0. The summed E-state index contributed by atoms with van der Waals surface area (Å²) in [5.74, 6) is -0.855. The molecule has 0 aliphatic heterocycles. The zero-order valence-corrected chi connectivity index (χ0v) is 8.40. The standard InChI is InChI=1S/C4H10FO5PS/c1-9-11(6,10-2)3-4-12(5,7)8/h3-4H2,1-2H3. The SMILES string of the molecule is COP(=O)(CCS(=O)(=O)F)OC. The number of rotatable bonds is 5. The monoisotopic (exact) mass is 220 g/mol. The van der Waals surface area contributed by atoms with Crippen LogP contribution >= 0.6 is 7.60 Å². The Kier molecular flexibility index (Phi) is 4.33. The highest BCUT2D eigenvalue weighted by atomic mass is 32.3. The molecular weight excluding hydrogens is 210 g/mol. The summed E-state index contributed by atoms with van der Waals surface area (Å²) in [4.78, 5) is 0. The van der Waals surface area contributed by atoms with Gasteiger partial charge in [0.15, 0.2) is 0 Å². The Bertz CT molecular complexity index is 265. The van der Waals surface area contributed by atoms with E-state index >= 15 is 0 Å². The maximum Gasteiger partial charge on any atom is 0.331 e. The number of hydrogen-bond donors (Lipinski definition) is 0. The molecule has 0 N–H and O–H groups in total. The van der Waals surface area contributed by atoms with Crippen molar-refractivity contribution in [2.24, 2.45) is 0 Å². The molecule has 0 fully saturated rings. The summed E-state index contributed by atoms with van der Waals surface area (Å²) in [6, 6.07) is 0. The molecule has 0 aromatic heterocycles. The van der Waals surface area contributed by atoms with Crippen LogP contribution in [0.2, 0.25) is 0 Å². The van der Waals surface area contributed by atoms with E-state index < -0.39 is 29.7 Å². The van der Waals surface area contributed by atoms with Crippen LogP contribution < -0.4 is 0 Å². The van der Waals surface area contributed by atoms with Crippen LogP contribution in [0.3, 0.4) is 0 Å². The van der Waals surface area contributed by atoms with Gasteiger partial charge in [-0.05, 0) is 0 Å². The Morgan fingerprint density at radius 3 is 2.00 bits per heavy atom. The van der Waals surface area contributed by atoms with E-state index in [-0.39, 0.29) is 0 Å². The molecule has 0 radical (unpaired) electrons. The summed E-state index contributed by atoms with van der Waals surface area (Å²) >= 11 is 0. The van der Waals surface area contributed by atoms with Crippen LogP contribution in [0.5, 0.6) is 0 Å². The van der Waals surface area contributed by atoms with Crippen molar-refractivity contribution in [1.29, 1.82) is 0 Å². The molecule has 0 bridgehead atoms. The summed E-state index contributed by atoms with van der Waals surface area (Å²) in [5, 5.41) is 0. The Morgan fingerprint density at radius 2 is 1.75 bits per heavy atom. The van der Waals surface area contributed by atoms with Crippen LogP contribution in [0, 0.1) is 0 Å². The van der Waals surface area contributed by atoms with Crippen molar-refractivity contribution in [2.75, 3.05) is 26.1 Å². The third kappa shape index (κ3) is 4.82. The molecule has 0 aromatic rings. The molecular formula is C4H10FO5PS. The molecule has 5 nitrogen and oxygen atoms in total. The van der Waals surface area contributed by atoms with Crippen LogP contribution in [0.1, 0.15) is 0 Å². The molecule has 0 unspecified atom stereocenters. The fourth-order valence-electron chi connectivity index (χ4n) is 0.478. The molecule has 0 saturated heterocycles. The first-order valence-corrected chi connectivity index (χ1v) is 6.24. The van der Waals surface area contributed by atoms with E-state index in [2.05, 4.69) is 9.05 Å². The predicted molar refractivity (Wildman–Crippen MR) is 41.4 cm³/mol. The maximum absolute atomic E-state index is 11.9. The lowest BCUT2D eigenvalue weighted by molar-refractivity contribution is 0.277. The van der Waals surface area contributed by atoms with E-state index in [9.17, 15) is 16.9 Å². The summed E-state index contributed by atoms with van der Waals surface area (Å²) in [7, 11) is -5.79. The van der Waals surface area contributed by atoms with Crippen molar-refractivity contribution >= 4 is 17.8 Å². The third-order valence-corrected chi connectivity index (χ3v) is 4.04. The van der Waals surface area contributed by atoms with Crippen LogP contribution in [0.15, 0.2) is 0 Å². The van der Waals surface area contributed by atoms with Gasteiger partial charge >= 0.3 is 17.8 Å². The molecule has 0 spiro atoms. The topological polar surface area (TPSA) is 69.7 Å². The molecule has 0 aliphatic rings. The van der Waals surface area contributed by atoms with Crippen LogP contribution in [-0.2, 0) is 23.8 Å². The minimum absolute atomic E-state index is 0.473. The van der Waals surface area contributed by atoms with Crippen LogP contribution in [0.25, 0.3) is 0 Å². The van der Waals surface area contributed by atoms with E-state index in [1.54, 1.807) is 0 Å². The molecule has 74 valence electrons. The second kappa shape index (κ2) is 4.32. The first-order chi connectivity index (χ1) is 5.33. The van der Waals surface area contributed by atoms with E-state index in [0.717, 1.165) is 14.2 Å². The normalized spacial score (nSPS) is 13.2. The predicted octanol–water partition coefficient (Wildman–Crippen LogP) is 0.772. The Balaban J connectivity index is 4.17. The van der Waals surface area contributed by atoms with Crippen molar-refractivity contribution in [2.45, 2.75) is 0 Å². The highest BCUT2D eigenvalue weighted by Gasteiger charge is 2.24. The first-order valence-electron chi connectivity index (χ1n) is 2.96. The molecule has 8 heteroatoms. The fourth-order valence-corrected chi connectivity index (χ4v) is 2.76. The van der Waals surface area contributed by atoms with Crippen molar-refractivity contribution in [3.63, 3.8) is 0 Å². The Morgan fingerprint density at radius 1 is 1.33 bits per heavy atom. The molecule has 0 aliphatic carbocycles. The van der Waals surface area contributed by atoms with Gasteiger partial charge in [0.2, 0.25) is 0 Å². The second-order valence-corrected chi connectivity index (χ2v) is 5.83. The summed E-state index contributed by atoms with van der Waals surface area (Å²) in [6.45, 7) is 0. The van der Waals surface area contributed by atoms with E-state index in [4.69, 9.17) is 0 Å². The quantitative estimate of drug-likeness (QED) is 0.505. The fraction of sp³-hybridized carbons (Fsp3) is 1.00. The molecule has 0 saturated carbocycles. The van der Waals surface area contributed by atoms with E-state index in [0.29, 0.717) is 0 Å². The van der Waals surface area contributed by atoms with Gasteiger partial charge < -0.3 is 9.05 Å². The zero-order chi connectivity index (χ0) is 9.83. The van der Waals surface area contributed by atoms with Crippen molar-refractivity contribution < 1.29 is 25.9 Å². The molecule has 12 heavy (non-hydrogen) atoms. The van der Waals surface area contributed by atoms with E-state index in [1.165, 1.54) is 0 Å². The summed E-state index contributed by atoms with van der Waals surface area (Å²) in [6.07, 6.45) is -0.473. The maximum atomic E-state index is 11.9. The lowest BCUT2D eigenvalue weighted by Gasteiger charge is -2.11. The second-order valence-electron chi connectivity index (χ2n) is 1.94. The highest BCUT2D eigenvalue weighted by molar-refractivity contribution is 7.86. The van der Waals surface area contributed by atoms with Gasteiger partial charge in [0.25, 0.3) is 0 Å².